The van der Waals surface area contributed by atoms with Crippen molar-refractivity contribution >= 4 is 35.2 Å². The molecule has 2 rings (SSSR count). The molecule has 1 heterocycles. The van der Waals surface area contributed by atoms with Gasteiger partial charge in [0.1, 0.15) is 6.04 Å². The molecule has 1 aromatic carbocycles. The van der Waals surface area contributed by atoms with E-state index in [0.29, 0.717) is 17.0 Å². The van der Waals surface area contributed by atoms with Crippen molar-refractivity contribution in [3.05, 3.63) is 34.9 Å². The fourth-order valence-corrected chi connectivity index (χ4v) is 2.82. The summed E-state index contributed by atoms with van der Waals surface area (Å²) in [5, 5.41) is 3.23. The number of hydrogen-bond acceptors (Lipinski definition) is 3. The Morgan fingerprint density at radius 1 is 1.38 bits per heavy atom. The van der Waals surface area contributed by atoms with Crippen LogP contribution in [0, 0.1) is 0 Å². The standard InChI is InChI=1S/C15H19ClN2O2S/c1-21-10-7-13(15(20)18-8-4-9-18)17-14(19)11-5-2-3-6-12(11)16/h2-3,5-6,13H,4,7-10H2,1H3,(H,17,19)/t13-/m0/s1. The molecule has 4 nitrogen and oxygen atoms in total. The molecule has 0 saturated carbocycles. The number of amides is 2. The van der Waals surface area contributed by atoms with Crippen molar-refractivity contribution < 1.29 is 9.59 Å². The number of benzene rings is 1. The maximum absolute atomic E-state index is 12.4. The molecule has 114 valence electrons. The van der Waals surface area contributed by atoms with E-state index in [4.69, 9.17) is 11.6 Å². The second-order valence-electron chi connectivity index (χ2n) is 4.97. The number of rotatable bonds is 6. The zero-order valence-electron chi connectivity index (χ0n) is 12.0. The quantitative estimate of drug-likeness (QED) is 0.873. The zero-order valence-corrected chi connectivity index (χ0v) is 13.5. The molecular weight excluding hydrogens is 308 g/mol. The summed E-state index contributed by atoms with van der Waals surface area (Å²) in [6, 6.07) is 6.40. The Balaban J connectivity index is 2.05. The van der Waals surface area contributed by atoms with Gasteiger partial charge in [0.2, 0.25) is 5.91 Å². The minimum absolute atomic E-state index is 0.00991. The first-order valence-corrected chi connectivity index (χ1v) is 8.73. The van der Waals surface area contributed by atoms with Gasteiger partial charge in [-0.05, 0) is 37.0 Å². The van der Waals surface area contributed by atoms with E-state index in [-0.39, 0.29) is 11.8 Å². The third kappa shape index (κ3) is 4.14. The highest BCUT2D eigenvalue weighted by Crippen LogP contribution is 2.16. The third-order valence-corrected chi connectivity index (χ3v) is 4.47. The lowest BCUT2D eigenvalue weighted by Gasteiger charge is -2.34. The van der Waals surface area contributed by atoms with Crippen molar-refractivity contribution in [3.63, 3.8) is 0 Å². The molecule has 0 spiro atoms. The summed E-state index contributed by atoms with van der Waals surface area (Å²) < 4.78 is 0. The lowest BCUT2D eigenvalue weighted by atomic mass is 10.1. The van der Waals surface area contributed by atoms with Crippen LogP contribution in [0.3, 0.4) is 0 Å². The molecule has 21 heavy (non-hydrogen) atoms. The van der Waals surface area contributed by atoms with Crippen molar-refractivity contribution in [2.24, 2.45) is 0 Å². The van der Waals surface area contributed by atoms with E-state index in [0.717, 1.165) is 25.3 Å². The number of hydrogen-bond donors (Lipinski definition) is 1. The van der Waals surface area contributed by atoms with Gasteiger partial charge in [-0.3, -0.25) is 9.59 Å². The predicted molar refractivity (Wildman–Crippen MR) is 86.9 cm³/mol. The molecule has 2 amide bonds. The summed E-state index contributed by atoms with van der Waals surface area (Å²) in [5.41, 5.74) is 0.407. The van der Waals surface area contributed by atoms with Crippen molar-refractivity contribution in [3.8, 4) is 0 Å². The Morgan fingerprint density at radius 2 is 2.10 bits per heavy atom. The number of carbonyl (C=O) groups excluding carboxylic acids is 2. The minimum Gasteiger partial charge on any atom is -0.341 e. The number of nitrogens with zero attached hydrogens (tertiary/aromatic N) is 1. The summed E-state index contributed by atoms with van der Waals surface area (Å²) in [5.74, 6) is 0.545. The van der Waals surface area contributed by atoms with E-state index in [9.17, 15) is 9.59 Å². The zero-order chi connectivity index (χ0) is 15.2. The van der Waals surface area contributed by atoms with Crippen LogP contribution < -0.4 is 5.32 Å². The summed E-state index contributed by atoms with van der Waals surface area (Å²) in [6.45, 7) is 1.58. The molecule has 0 bridgehead atoms. The monoisotopic (exact) mass is 326 g/mol. The van der Waals surface area contributed by atoms with E-state index in [2.05, 4.69) is 5.32 Å². The molecule has 1 aliphatic rings. The Bertz CT molecular complexity index is 520. The summed E-state index contributed by atoms with van der Waals surface area (Å²) in [7, 11) is 0. The average molecular weight is 327 g/mol. The van der Waals surface area contributed by atoms with Gasteiger partial charge in [0.15, 0.2) is 0 Å². The Kier molecular flexibility index (Phi) is 5.94. The summed E-state index contributed by atoms with van der Waals surface area (Å²) >= 11 is 7.69. The van der Waals surface area contributed by atoms with E-state index in [1.54, 1.807) is 40.9 Å². The van der Waals surface area contributed by atoms with Crippen molar-refractivity contribution in [2.75, 3.05) is 25.1 Å². The third-order valence-electron chi connectivity index (χ3n) is 3.50. The normalized spacial score (nSPS) is 15.2. The van der Waals surface area contributed by atoms with Crippen molar-refractivity contribution in [1.82, 2.24) is 10.2 Å². The van der Waals surface area contributed by atoms with Gasteiger partial charge < -0.3 is 10.2 Å². The molecule has 1 aromatic rings. The number of thioether (sulfide) groups is 1. The molecule has 0 radical (unpaired) electrons. The average Bonchev–Trinajstić information content (AvgIpc) is 2.41. The van der Waals surface area contributed by atoms with Gasteiger partial charge in [0.05, 0.1) is 10.6 Å². The van der Waals surface area contributed by atoms with E-state index < -0.39 is 6.04 Å². The van der Waals surface area contributed by atoms with Crippen LogP contribution in [-0.4, -0.2) is 47.9 Å². The number of halogens is 1. The molecular formula is C15H19ClN2O2S. The van der Waals surface area contributed by atoms with Crippen LogP contribution in [-0.2, 0) is 4.79 Å². The number of carbonyl (C=O) groups is 2. The van der Waals surface area contributed by atoms with Crippen molar-refractivity contribution in [1.29, 1.82) is 0 Å². The Morgan fingerprint density at radius 3 is 2.67 bits per heavy atom. The first-order chi connectivity index (χ1) is 10.1. The van der Waals surface area contributed by atoms with Crippen molar-refractivity contribution in [2.45, 2.75) is 18.9 Å². The lowest BCUT2D eigenvalue weighted by molar-refractivity contribution is -0.136. The second kappa shape index (κ2) is 7.71. The first kappa shape index (κ1) is 16.2. The maximum Gasteiger partial charge on any atom is 0.253 e. The van der Waals surface area contributed by atoms with Gasteiger partial charge in [-0.1, -0.05) is 23.7 Å². The van der Waals surface area contributed by atoms with E-state index in [1.165, 1.54) is 0 Å². The maximum atomic E-state index is 12.4. The van der Waals surface area contributed by atoms with Gasteiger partial charge in [0.25, 0.3) is 5.91 Å². The van der Waals surface area contributed by atoms with Gasteiger partial charge in [-0.25, -0.2) is 0 Å². The topological polar surface area (TPSA) is 49.4 Å². The summed E-state index contributed by atoms with van der Waals surface area (Å²) in [6.07, 6.45) is 3.66. The molecule has 0 aromatic heterocycles. The minimum atomic E-state index is -0.471. The van der Waals surface area contributed by atoms with Gasteiger partial charge in [0, 0.05) is 13.1 Å². The molecule has 1 atom stereocenters. The molecule has 6 heteroatoms. The van der Waals surface area contributed by atoms with Crippen LogP contribution in [0.5, 0.6) is 0 Å². The van der Waals surface area contributed by atoms with Crippen LogP contribution in [0.2, 0.25) is 5.02 Å². The first-order valence-electron chi connectivity index (χ1n) is 6.96. The smallest absolute Gasteiger partial charge is 0.253 e. The van der Waals surface area contributed by atoms with Crippen LogP contribution in [0.4, 0.5) is 0 Å². The van der Waals surface area contributed by atoms with Gasteiger partial charge >= 0.3 is 0 Å². The number of likely N-dealkylation sites (tertiary alicyclic amines) is 1. The van der Waals surface area contributed by atoms with Crippen LogP contribution in [0.1, 0.15) is 23.2 Å². The van der Waals surface area contributed by atoms with E-state index in [1.807, 2.05) is 6.26 Å². The molecule has 0 unspecified atom stereocenters. The van der Waals surface area contributed by atoms with Crippen LogP contribution >= 0.6 is 23.4 Å². The predicted octanol–water partition coefficient (Wildman–Crippen LogP) is 2.42. The molecule has 1 N–H and O–H groups in total. The molecule has 1 aliphatic heterocycles. The highest BCUT2D eigenvalue weighted by atomic mass is 35.5. The molecule has 1 fully saturated rings. The molecule has 1 saturated heterocycles. The molecule has 0 aliphatic carbocycles. The fourth-order valence-electron chi connectivity index (χ4n) is 2.13. The van der Waals surface area contributed by atoms with Crippen LogP contribution in [0.25, 0.3) is 0 Å². The highest BCUT2D eigenvalue weighted by Gasteiger charge is 2.29. The van der Waals surface area contributed by atoms with E-state index >= 15 is 0 Å². The van der Waals surface area contributed by atoms with Gasteiger partial charge in [-0.15, -0.1) is 0 Å². The Labute approximate surface area is 134 Å². The fraction of sp³-hybridized carbons (Fsp3) is 0.467. The Hall–Kier alpha value is -1.20. The lowest BCUT2D eigenvalue weighted by Crippen LogP contribution is -2.53. The second-order valence-corrected chi connectivity index (χ2v) is 6.36. The SMILES string of the molecule is CSCC[C@H](NC(=O)c1ccccc1Cl)C(=O)N1CCC1. The summed E-state index contributed by atoms with van der Waals surface area (Å²) in [4.78, 5) is 26.4. The number of nitrogens with one attached hydrogen (secondary N) is 1. The highest BCUT2D eigenvalue weighted by molar-refractivity contribution is 7.98. The van der Waals surface area contributed by atoms with Gasteiger partial charge in [-0.2, -0.15) is 11.8 Å². The van der Waals surface area contributed by atoms with Crippen LogP contribution in [0.15, 0.2) is 24.3 Å². The largest absolute Gasteiger partial charge is 0.341 e.